The number of rotatable bonds is 4. The third-order valence-electron chi connectivity index (χ3n) is 2.99. The minimum absolute atomic E-state index is 0.230. The smallest absolute Gasteiger partial charge is 0.359 e. The van der Waals surface area contributed by atoms with Gasteiger partial charge in [0.25, 0.3) is 0 Å². The Balaban J connectivity index is 1.84. The van der Waals surface area contributed by atoms with E-state index in [-0.39, 0.29) is 5.13 Å². The molecular weight excluding hydrogens is 265 g/mol. The molecule has 0 aliphatic carbocycles. The van der Waals surface area contributed by atoms with Gasteiger partial charge in [0.1, 0.15) is 0 Å². The lowest BCUT2D eigenvalue weighted by Gasteiger charge is -2.23. The molecular formula is C10H15F3N4S. The number of aromatic nitrogens is 2. The van der Waals surface area contributed by atoms with Crippen LogP contribution in [-0.2, 0) is 6.18 Å². The van der Waals surface area contributed by atoms with Crippen molar-refractivity contribution in [2.45, 2.75) is 32.0 Å². The lowest BCUT2D eigenvalue weighted by Crippen LogP contribution is -2.35. The largest absolute Gasteiger partial charge is 0.452 e. The number of halogens is 3. The first-order valence-corrected chi connectivity index (χ1v) is 6.63. The third kappa shape index (κ3) is 3.32. The number of hydrogen-bond acceptors (Lipinski definition) is 5. The molecule has 0 saturated carbocycles. The Hall–Kier alpha value is -0.890. The zero-order valence-electron chi connectivity index (χ0n) is 10.00. The Bertz CT molecular complexity index is 387. The molecule has 1 unspecified atom stereocenters. The maximum absolute atomic E-state index is 12.3. The van der Waals surface area contributed by atoms with E-state index in [1.807, 2.05) is 0 Å². The summed E-state index contributed by atoms with van der Waals surface area (Å²) in [5, 5.41) is 3.15. The number of hydrogen-bond donors (Lipinski definition) is 1. The highest BCUT2D eigenvalue weighted by atomic mass is 32.1. The van der Waals surface area contributed by atoms with Crippen molar-refractivity contribution in [3.8, 4) is 0 Å². The molecule has 1 saturated heterocycles. The van der Waals surface area contributed by atoms with E-state index in [0.29, 0.717) is 12.6 Å². The third-order valence-corrected chi connectivity index (χ3v) is 3.67. The predicted octanol–water partition coefficient (Wildman–Crippen LogP) is 2.45. The van der Waals surface area contributed by atoms with Crippen LogP contribution < -0.4 is 5.32 Å². The molecule has 2 heterocycles. The van der Waals surface area contributed by atoms with Crippen molar-refractivity contribution in [3.05, 3.63) is 5.82 Å². The highest BCUT2D eigenvalue weighted by Gasteiger charge is 2.36. The van der Waals surface area contributed by atoms with Gasteiger partial charge >= 0.3 is 6.18 Å². The van der Waals surface area contributed by atoms with E-state index in [1.54, 1.807) is 0 Å². The predicted molar refractivity (Wildman–Crippen MR) is 63.7 cm³/mol. The molecule has 18 heavy (non-hydrogen) atoms. The molecule has 1 atom stereocenters. The number of alkyl halides is 3. The highest BCUT2D eigenvalue weighted by Crippen LogP contribution is 2.28. The van der Waals surface area contributed by atoms with E-state index in [0.717, 1.165) is 24.6 Å². The first-order chi connectivity index (χ1) is 8.47. The van der Waals surface area contributed by atoms with Crippen LogP contribution in [0.1, 0.15) is 25.6 Å². The summed E-state index contributed by atoms with van der Waals surface area (Å²) < 4.78 is 40.2. The topological polar surface area (TPSA) is 41.1 Å². The van der Waals surface area contributed by atoms with E-state index in [4.69, 9.17) is 0 Å². The highest BCUT2D eigenvalue weighted by molar-refractivity contribution is 7.09. The van der Waals surface area contributed by atoms with Crippen molar-refractivity contribution in [1.82, 2.24) is 14.3 Å². The van der Waals surface area contributed by atoms with Gasteiger partial charge in [-0.25, -0.2) is 0 Å². The van der Waals surface area contributed by atoms with Gasteiger partial charge in [-0.2, -0.15) is 22.5 Å². The van der Waals surface area contributed by atoms with Crippen LogP contribution in [-0.4, -0.2) is 39.9 Å². The Kier molecular flexibility index (Phi) is 4.06. The van der Waals surface area contributed by atoms with Crippen LogP contribution in [0.25, 0.3) is 0 Å². The molecule has 1 aromatic rings. The van der Waals surface area contributed by atoms with Crippen LogP contribution in [0.3, 0.4) is 0 Å². The molecule has 4 nitrogen and oxygen atoms in total. The Morgan fingerprint density at radius 3 is 2.61 bits per heavy atom. The summed E-state index contributed by atoms with van der Waals surface area (Å²) in [5.41, 5.74) is 0. The number of nitrogens with zero attached hydrogens (tertiary/aromatic N) is 3. The second-order valence-electron chi connectivity index (χ2n) is 4.39. The van der Waals surface area contributed by atoms with Crippen molar-refractivity contribution in [2.24, 2.45) is 0 Å². The summed E-state index contributed by atoms with van der Waals surface area (Å²) in [7, 11) is 0. The van der Waals surface area contributed by atoms with E-state index in [2.05, 4.69) is 26.5 Å². The summed E-state index contributed by atoms with van der Waals surface area (Å²) in [6.45, 7) is 4.77. The van der Waals surface area contributed by atoms with Crippen molar-refractivity contribution < 1.29 is 13.2 Å². The van der Waals surface area contributed by atoms with Gasteiger partial charge in [0, 0.05) is 24.1 Å². The van der Waals surface area contributed by atoms with Crippen LogP contribution in [0.5, 0.6) is 0 Å². The molecule has 8 heteroatoms. The van der Waals surface area contributed by atoms with Gasteiger partial charge in [-0.1, -0.05) is 0 Å². The van der Waals surface area contributed by atoms with Gasteiger partial charge in [0.2, 0.25) is 11.0 Å². The summed E-state index contributed by atoms with van der Waals surface area (Å²) in [4.78, 5) is 5.75. The van der Waals surface area contributed by atoms with Gasteiger partial charge in [0.05, 0.1) is 0 Å². The molecule has 0 bridgehead atoms. The molecule has 0 radical (unpaired) electrons. The van der Waals surface area contributed by atoms with Crippen molar-refractivity contribution in [1.29, 1.82) is 0 Å². The van der Waals surface area contributed by atoms with Gasteiger partial charge in [-0.3, -0.25) is 4.90 Å². The van der Waals surface area contributed by atoms with Crippen molar-refractivity contribution >= 4 is 16.7 Å². The Labute approximate surface area is 107 Å². The SMILES string of the molecule is CC(CNc1nc(C(F)(F)F)ns1)N1CCCC1. The molecule has 1 aromatic heterocycles. The summed E-state index contributed by atoms with van der Waals surface area (Å²) in [6, 6.07) is 0.297. The molecule has 102 valence electrons. The fourth-order valence-corrected chi connectivity index (χ4v) is 2.55. The maximum atomic E-state index is 12.3. The minimum atomic E-state index is -4.46. The van der Waals surface area contributed by atoms with Gasteiger partial charge in [-0.05, 0) is 32.9 Å². The second-order valence-corrected chi connectivity index (χ2v) is 5.15. The average Bonchev–Trinajstić information content (AvgIpc) is 2.96. The maximum Gasteiger partial charge on any atom is 0.452 e. The number of anilines is 1. The van der Waals surface area contributed by atoms with Crippen LogP contribution in [0, 0.1) is 0 Å². The summed E-state index contributed by atoms with van der Waals surface area (Å²) in [6.07, 6.45) is -2.07. The van der Waals surface area contributed by atoms with Gasteiger partial charge in [0.15, 0.2) is 0 Å². The Morgan fingerprint density at radius 2 is 2.06 bits per heavy atom. The molecule has 0 spiro atoms. The van der Waals surface area contributed by atoms with E-state index in [1.165, 1.54) is 12.8 Å². The van der Waals surface area contributed by atoms with E-state index >= 15 is 0 Å². The van der Waals surface area contributed by atoms with Gasteiger partial charge < -0.3 is 5.32 Å². The standard InChI is InChI=1S/C10H15F3N4S/c1-7(17-4-2-3-5-17)6-14-9-15-8(16-18-9)10(11,12)13/h7H,2-6H2,1H3,(H,14,15,16). The van der Waals surface area contributed by atoms with Crippen LogP contribution in [0.15, 0.2) is 0 Å². The minimum Gasteiger partial charge on any atom is -0.359 e. The van der Waals surface area contributed by atoms with E-state index < -0.39 is 12.0 Å². The monoisotopic (exact) mass is 280 g/mol. The number of nitrogens with one attached hydrogen (secondary N) is 1. The van der Waals surface area contributed by atoms with Gasteiger partial charge in [-0.15, -0.1) is 0 Å². The zero-order valence-corrected chi connectivity index (χ0v) is 10.8. The second kappa shape index (κ2) is 5.40. The first kappa shape index (κ1) is 13.5. The lowest BCUT2D eigenvalue weighted by molar-refractivity contribution is -0.144. The number of likely N-dealkylation sites (tertiary alicyclic amines) is 1. The average molecular weight is 280 g/mol. The molecule has 0 amide bonds. The van der Waals surface area contributed by atoms with Crippen molar-refractivity contribution in [3.63, 3.8) is 0 Å². The zero-order chi connectivity index (χ0) is 13.2. The van der Waals surface area contributed by atoms with E-state index in [9.17, 15) is 13.2 Å². The van der Waals surface area contributed by atoms with Crippen LogP contribution in [0.2, 0.25) is 0 Å². The first-order valence-electron chi connectivity index (χ1n) is 5.85. The summed E-state index contributed by atoms with van der Waals surface area (Å²) in [5.74, 6) is -1.07. The van der Waals surface area contributed by atoms with Crippen LogP contribution >= 0.6 is 11.5 Å². The quantitative estimate of drug-likeness (QED) is 0.920. The molecule has 1 aliphatic heterocycles. The normalized spacial score (nSPS) is 19.1. The fraction of sp³-hybridized carbons (Fsp3) is 0.800. The fourth-order valence-electron chi connectivity index (χ4n) is 1.96. The molecule has 1 N–H and O–H groups in total. The summed E-state index contributed by atoms with van der Waals surface area (Å²) >= 11 is 0.750. The Morgan fingerprint density at radius 1 is 1.39 bits per heavy atom. The lowest BCUT2D eigenvalue weighted by atomic mass is 10.3. The molecule has 2 rings (SSSR count). The van der Waals surface area contributed by atoms with Crippen molar-refractivity contribution in [2.75, 3.05) is 25.0 Å². The molecule has 0 aromatic carbocycles. The molecule has 1 fully saturated rings. The van der Waals surface area contributed by atoms with Crippen LogP contribution in [0.4, 0.5) is 18.3 Å². The molecule has 1 aliphatic rings.